The Morgan fingerprint density at radius 3 is 2.81 bits per heavy atom. The maximum absolute atomic E-state index is 12.8. The number of aromatic nitrogens is 3. The molecule has 132 valence electrons. The first-order valence-electron chi connectivity index (χ1n) is 7.52. The molecule has 3 aromatic rings. The lowest BCUT2D eigenvalue weighted by Crippen LogP contribution is -2.15. The van der Waals surface area contributed by atoms with Gasteiger partial charge < -0.3 is 5.32 Å². The molecule has 0 bridgehead atoms. The second-order valence-electron chi connectivity index (χ2n) is 5.65. The van der Waals surface area contributed by atoms with E-state index in [9.17, 15) is 13.2 Å². The number of anilines is 2. The zero-order valence-electron chi connectivity index (χ0n) is 13.2. The molecule has 1 amide bonds. The van der Waals surface area contributed by atoms with Crippen LogP contribution < -0.4 is 10.0 Å². The molecule has 1 aliphatic heterocycles. The molecule has 0 atom stereocenters. The highest BCUT2D eigenvalue weighted by Crippen LogP contribution is 2.29. The predicted octanol–water partition coefficient (Wildman–Crippen LogP) is 2.22. The topological polar surface area (TPSA) is 106 Å². The highest BCUT2D eigenvalue weighted by Gasteiger charge is 2.23. The van der Waals surface area contributed by atoms with Gasteiger partial charge in [-0.3, -0.25) is 9.52 Å². The maximum Gasteiger partial charge on any atom is 0.261 e. The fourth-order valence-electron chi connectivity index (χ4n) is 2.70. The molecule has 0 fully saturated rings. The molecular formula is C16H12ClN5O3S. The van der Waals surface area contributed by atoms with Crippen molar-refractivity contribution in [2.24, 2.45) is 0 Å². The number of amides is 1. The van der Waals surface area contributed by atoms with Gasteiger partial charge in [0.15, 0.2) is 0 Å². The van der Waals surface area contributed by atoms with Crippen molar-refractivity contribution < 1.29 is 13.2 Å². The van der Waals surface area contributed by atoms with E-state index in [0.29, 0.717) is 22.0 Å². The molecule has 1 aromatic heterocycles. The molecule has 0 unspecified atom stereocenters. The smallest absolute Gasteiger partial charge is 0.261 e. The molecule has 8 nitrogen and oxygen atoms in total. The standard InChI is InChI=1S/C16H12ClN5O3S/c17-11-1-4-15(22-9-18-8-19-22)14(7-11)21-26(24,25)12-2-3-13-10(5-12)6-16(23)20-13/h1-5,7-9,21H,6H2,(H,20,23). The van der Waals surface area contributed by atoms with E-state index in [1.54, 1.807) is 18.2 Å². The van der Waals surface area contributed by atoms with Crippen LogP contribution in [-0.2, 0) is 21.2 Å². The van der Waals surface area contributed by atoms with Crippen molar-refractivity contribution in [2.75, 3.05) is 10.0 Å². The fourth-order valence-corrected chi connectivity index (χ4v) is 3.99. The number of nitrogens with one attached hydrogen (secondary N) is 2. The van der Waals surface area contributed by atoms with Gasteiger partial charge in [-0.05, 0) is 42.0 Å². The van der Waals surface area contributed by atoms with Crippen LogP contribution in [0.3, 0.4) is 0 Å². The summed E-state index contributed by atoms with van der Waals surface area (Å²) in [7, 11) is -3.89. The Morgan fingerprint density at radius 2 is 2.04 bits per heavy atom. The van der Waals surface area contributed by atoms with Gasteiger partial charge in [0, 0.05) is 10.7 Å². The van der Waals surface area contributed by atoms with E-state index in [-0.39, 0.29) is 22.9 Å². The Labute approximate surface area is 153 Å². The third-order valence-corrected chi connectivity index (χ3v) is 5.48. The van der Waals surface area contributed by atoms with Crippen LogP contribution in [0, 0.1) is 0 Å². The van der Waals surface area contributed by atoms with Crippen molar-refractivity contribution >= 4 is 38.9 Å². The Kier molecular flexibility index (Phi) is 3.89. The summed E-state index contributed by atoms with van der Waals surface area (Å²) in [5, 5.41) is 7.06. The molecule has 2 aromatic carbocycles. The first-order chi connectivity index (χ1) is 12.4. The molecular weight excluding hydrogens is 378 g/mol. The minimum Gasteiger partial charge on any atom is -0.326 e. The van der Waals surface area contributed by atoms with E-state index in [4.69, 9.17) is 11.6 Å². The summed E-state index contributed by atoms with van der Waals surface area (Å²) in [6.07, 6.45) is 2.95. The predicted molar refractivity (Wildman–Crippen MR) is 96.0 cm³/mol. The summed E-state index contributed by atoms with van der Waals surface area (Å²) in [6, 6.07) is 9.25. The lowest BCUT2D eigenvalue weighted by molar-refractivity contribution is -0.115. The Balaban J connectivity index is 1.72. The normalized spacial score (nSPS) is 13.3. The molecule has 0 aliphatic carbocycles. The number of rotatable bonds is 4. The van der Waals surface area contributed by atoms with Gasteiger partial charge in [0.1, 0.15) is 12.7 Å². The van der Waals surface area contributed by atoms with Gasteiger partial charge in [-0.15, -0.1) is 0 Å². The van der Waals surface area contributed by atoms with Gasteiger partial charge in [0.2, 0.25) is 5.91 Å². The van der Waals surface area contributed by atoms with Gasteiger partial charge >= 0.3 is 0 Å². The van der Waals surface area contributed by atoms with Crippen LogP contribution in [0.15, 0.2) is 53.9 Å². The zero-order valence-corrected chi connectivity index (χ0v) is 14.8. The average Bonchev–Trinajstić information content (AvgIpc) is 3.22. The Bertz CT molecular complexity index is 1110. The summed E-state index contributed by atoms with van der Waals surface area (Å²) in [4.78, 5) is 15.4. The zero-order chi connectivity index (χ0) is 18.3. The van der Waals surface area contributed by atoms with Gasteiger partial charge in [-0.1, -0.05) is 11.6 Å². The van der Waals surface area contributed by atoms with Gasteiger partial charge in [0.25, 0.3) is 10.0 Å². The average molecular weight is 390 g/mol. The SMILES string of the molecule is O=C1Cc2cc(S(=O)(=O)Nc3cc(Cl)ccc3-n3cncn3)ccc2N1. The van der Waals surface area contributed by atoms with E-state index in [1.165, 1.54) is 35.5 Å². The van der Waals surface area contributed by atoms with Crippen molar-refractivity contribution in [3.8, 4) is 5.69 Å². The van der Waals surface area contributed by atoms with E-state index in [1.807, 2.05) is 0 Å². The molecule has 1 aliphatic rings. The number of hydrogen-bond donors (Lipinski definition) is 2. The number of halogens is 1. The molecule has 4 rings (SSSR count). The molecule has 0 spiro atoms. The first-order valence-corrected chi connectivity index (χ1v) is 9.39. The molecule has 2 heterocycles. The molecule has 0 saturated heterocycles. The van der Waals surface area contributed by atoms with Crippen LogP contribution in [-0.4, -0.2) is 29.1 Å². The number of carbonyl (C=O) groups is 1. The third kappa shape index (κ3) is 3.02. The highest BCUT2D eigenvalue weighted by molar-refractivity contribution is 7.92. The Hall–Kier alpha value is -2.91. The quantitative estimate of drug-likeness (QED) is 0.711. The summed E-state index contributed by atoms with van der Waals surface area (Å²) < 4.78 is 29.6. The lowest BCUT2D eigenvalue weighted by Gasteiger charge is -2.13. The molecule has 2 N–H and O–H groups in total. The van der Waals surface area contributed by atoms with E-state index < -0.39 is 10.0 Å². The van der Waals surface area contributed by atoms with Gasteiger partial charge in [-0.2, -0.15) is 5.10 Å². The van der Waals surface area contributed by atoms with E-state index in [2.05, 4.69) is 20.1 Å². The molecule has 26 heavy (non-hydrogen) atoms. The minimum absolute atomic E-state index is 0.0530. The first kappa shape index (κ1) is 16.6. The molecule has 10 heteroatoms. The summed E-state index contributed by atoms with van der Waals surface area (Å²) in [5.74, 6) is -0.161. The van der Waals surface area contributed by atoms with E-state index in [0.717, 1.165) is 0 Å². The summed E-state index contributed by atoms with van der Waals surface area (Å²) in [6.45, 7) is 0. The number of sulfonamides is 1. The Morgan fingerprint density at radius 1 is 1.19 bits per heavy atom. The number of hydrogen-bond acceptors (Lipinski definition) is 5. The number of benzene rings is 2. The fraction of sp³-hybridized carbons (Fsp3) is 0.0625. The third-order valence-electron chi connectivity index (χ3n) is 3.88. The molecule has 0 radical (unpaired) electrons. The van der Waals surface area contributed by atoms with Gasteiger partial charge in [-0.25, -0.2) is 18.1 Å². The largest absolute Gasteiger partial charge is 0.326 e. The lowest BCUT2D eigenvalue weighted by atomic mass is 10.2. The van der Waals surface area contributed by atoms with Crippen molar-refractivity contribution in [1.82, 2.24) is 14.8 Å². The van der Waals surface area contributed by atoms with Crippen LogP contribution in [0.5, 0.6) is 0 Å². The maximum atomic E-state index is 12.8. The van der Waals surface area contributed by atoms with Crippen LogP contribution in [0.4, 0.5) is 11.4 Å². The van der Waals surface area contributed by atoms with Crippen LogP contribution in [0.2, 0.25) is 5.02 Å². The van der Waals surface area contributed by atoms with Crippen molar-refractivity contribution in [2.45, 2.75) is 11.3 Å². The summed E-state index contributed by atoms with van der Waals surface area (Å²) >= 11 is 6.02. The van der Waals surface area contributed by atoms with Crippen molar-refractivity contribution in [3.05, 3.63) is 59.6 Å². The van der Waals surface area contributed by atoms with Crippen molar-refractivity contribution in [3.63, 3.8) is 0 Å². The minimum atomic E-state index is -3.89. The second kappa shape index (κ2) is 6.11. The van der Waals surface area contributed by atoms with Crippen LogP contribution in [0.1, 0.15) is 5.56 Å². The summed E-state index contributed by atoms with van der Waals surface area (Å²) in [5.41, 5.74) is 2.01. The van der Waals surface area contributed by atoms with Crippen LogP contribution in [0.25, 0.3) is 5.69 Å². The monoisotopic (exact) mass is 389 g/mol. The van der Waals surface area contributed by atoms with Crippen LogP contribution >= 0.6 is 11.6 Å². The molecule has 0 saturated carbocycles. The number of carbonyl (C=O) groups excluding carboxylic acids is 1. The second-order valence-corrected chi connectivity index (χ2v) is 7.77. The van der Waals surface area contributed by atoms with Crippen molar-refractivity contribution in [1.29, 1.82) is 0 Å². The van der Waals surface area contributed by atoms with Gasteiger partial charge in [0.05, 0.1) is 22.7 Å². The highest BCUT2D eigenvalue weighted by atomic mass is 35.5. The van der Waals surface area contributed by atoms with E-state index >= 15 is 0 Å². The number of fused-ring (bicyclic) bond motifs is 1. The number of nitrogens with zero attached hydrogens (tertiary/aromatic N) is 3.